The lowest BCUT2D eigenvalue weighted by molar-refractivity contribution is 0.671. The molecule has 0 amide bonds. The lowest BCUT2D eigenvalue weighted by Crippen LogP contribution is -1.96. The number of para-hydroxylation sites is 2. The summed E-state index contributed by atoms with van der Waals surface area (Å²) in [5, 5.41) is 8.25. The van der Waals surface area contributed by atoms with E-state index in [0.717, 1.165) is 76.9 Å². The molecule has 0 N–H and O–H groups in total. The summed E-state index contributed by atoms with van der Waals surface area (Å²) in [7, 11) is 0. The highest BCUT2D eigenvalue weighted by atomic mass is 32.1. The second-order valence-corrected chi connectivity index (χ2v) is 13.5. The minimum atomic E-state index is 0.877. The molecule has 7 aromatic carbocycles. The lowest BCUT2D eigenvalue weighted by Gasteiger charge is -2.12. The first kappa shape index (κ1) is 26.7. The molecule has 4 aromatic heterocycles. The summed E-state index contributed by atoms with van der Waals surface area (Å²) < 4.78 is 10.3. The van der Waals surface area contributed by atoms with Crippen LogP contribution >= 0.6 is 11.3 Å². The van der Waals surface area contributed by atoms with Gasteiger partial charge in [0.15, 0.2) is 5.58 Å². The highest BCUT2D eigenvalue weighted by Gasteiger charge is 2.23. The van der Waals surface area contributed by atoms with E-state index < -0.39 is 0 Å². The zero-order valence-electron chi connectivity index (χ0n) is 26.1. The van der Waals surface area contributed by atoms with E-state index in [-0.39, 0.29) is 0 Å². The zero-order valence-corrected chi connectivity index (χ0v) is 26.9. The average Bonchev–Trinajstić information content (AvgIpc) is 3.85. The Kier molecular flexibility index (Phi) is 5.51. The second kappa shape index (κ2) is 10.1. The maximum absolute atomic E-state index is 6.75. The number of rotatable bonds is 3. The third-order valence-electron chi connectivity index (χ3n) is 9.81. The number of hydrogen-bond donors (Lipinski definition) is 0. The van der Waals surface area contributed by atoms with Crippen molar-refractivity contribution in [2.24, 2.45) is 0 Å². The van der Waals surface area contributed by atoms with Gasteiger partial charge in [0, 0.05) is 48.4 Å². The summed E-state index contributed by atoms with van der Waals surface area (Å²) in [6, 6.07) is 53.4. The van der Waals surface area contributed by atoms with Crippen molar-refractivity contribution in [1.29, 1.82) is 0 Å². The number of hydrogen-bond acceptors (Lipinski definition) is 4. The molecular formula is C44H25N3OS. The zero-order chi connectivity index (χ0) is 32.1. The van der Waals surface area contributed by atoms with Crippen molar-refractivity contribution in [3.63, 3.8) is 0 Å². The maximum atomic E-state index is 6.75. The minimum absolute atomic E-state index is 0.877. The summed E-state index contributed by atoms with van der Waals surface area (Å²) >= 11 is 1.69. The van der Waals surface area contributed by atoms with Crippen molar-refractivity contribution < 1.29 is 4.42 Å². The van der Waals surface area contributed by atoms with Crippen LogP contribution in [-0.4, -0.2) is 14.5 Å². The van der Waals surface area contributed by atoms with Gasteiger partial charge in [-0.15, -0.1) is 11.3 Å². The molecule has 228 valence electrons. The summed E-state index contributed by atoms with van der Waals surface area (Å²) in [5.41, 5.74) is 9.86. The van der Waals surface area contributed by atoms with Crippen LogP contribution in [0.4, 0.5) is 0 Å². The van der Waals surface area contributed by atoms with Crippen LogP contribution in [0.3, 0.4) is 0 Å². The smallest absolute Gasteiger partial charge is 0.160 e. The van der Waals surface area contributed by atoms with Gasteiger partial charge in [-0.3, -0.25) is 0 Å². The Labute approximate surface area is 284 Å². The van der Waals surface area contributed by atoms with Crippen molar-refractivity contribution in [3.05, 3.63) is 152 Å². The van der Waals surface area contributed by atoms with E-state index in [9.17, 15) is 0 Å². The van der Waals surface area contributed by atoms with Gasteiger partial charge in [-0.1, -0.05) is 121 Å². The van der Waals surface area contributed by atoms with Gasteiger partial charge in [0.2, 0.25) is 0 Å². The first-order valence-corrected chi connectivity index (χ1v) is 17.2. The third-order valence-corrected chi connectivity index (χ3v) is 10.9. The molecule has 0 radical (unpaired) electrons. The molecule has 0 saturated heterocycles. The van der Waals surface area contributed by atoms with Crippen molar-refractivity contribution in [2.45, 2.75) is 0 Å². The van der Waals surface area contributed by atoms with Gasteiger partial charge in [-0.25, -0.2) is 9.97 Å². The lowest BCUT2D eigenvalue weighted by atomic mass is 9.99. The van der Waals surface area contributed by atoms with Gasteiger partial charge in [-0.2, -0.15) is 0 Å². The van der Waals surface area contributed by atoms with E-state index in [4.69, 9.17) is 14.4 Å². The second-order valence-electron chi connectivity index (χ2n) is 12.5. The Morgan fingerprint density at radius 1 is 0.490 bits per heavy atom. The summed E-state index contributed by atoms with van der Waals surface area (Å²) in [6.07, 6.45) is 0. The largest absolute Gasteiger partial charge is 0.454 e. The molecule has 4 nitrogen and oxygen atoms in total. The van der Waals surface area contributed by atoms with Crippen LogP contribution in [0.15, 0.2) is 156 Å². The van der Waals surface area contributed by atoms with Gasteiger partial charge in [0.25, 0.3) is 0 Å². The van der Waals surface area contributed by atoms with Crippen LogP contribution in [-0.2, 0) is 0 Å². The fourth-order valence-electron chi connectivity index (χ4n) is 7.68. The molecule has 0 aliphatic heterocycles. The molecule has 0 aliphatic rings. The fraction of sp³-hybridized carbons (Fsp3) is 0. The Bertz CT molecular complexity index is 3100. The molecule has 0 fully saturated rings. The molecule has 49 heavy (non-hydrogen) atoms. The molecule has 0 aliphatic carbocycles. The highest BCUT2D eigenvalue weighted by molar-refractivity contribution is 7.25. The topological polar surface area (TPSA) is 43.9 Å². The number of thiophene rings is 1. The highest BCUT2D eigenvalue weighted by Crippen LogP contribution is 2.46. The van der Waals surface area contributed by atoms with Gasteiger partial charge >= 0.3 is 0 Å². The van der Waals surface area contributed by atoms with E-state index in [1.807, 2.05) is 12.1 Å². The van der Waals surface area contributed by atoms with Crippen LogP contribution in [0.1, 0.15) is 0 Å². The molecule has 0 saturated carbocycles. The van der Waals surface area contributed by atoms with Crippen molar-refractivity contribution >= 4 is 86.3 Å². The molecule has 0 spiro atoms. The summed E-state index contributed by atoms with van der Waals surface area (Å²) in [6.45, 7) is 0. The predicted molar refractivity (Wildman–Crippen MR) is 205 cm³/mol. The van der Waals surface area contributed by atoms with Gasteiger partial charge in [-0.05, 0) is 41.1 Å². The van der Waals surface area contributed by atoms with Crippen molar-refractivity contribution in [3.8, 4) is 28.2 Å². The fourth-order valence-corrected chi connectivity index (χ4v) is 8.70. The first-order chi connectivity index (χ1) is 24.3. The van der Waals surface area contributed by atoms with E-state index in [1.54, 1.807) is 11.3 Å². The Morgan fingerprint density at radius 3 is 1.92 bits per heavy atom. The van der Waals surface area contributed by atoms with Crippen LogP contribution in [0.2, 0.25) is 0 Å². The molecule has 0 bridgehead atoms. The molecule has 4 heterocycles. The molecule has 0 atom stereocenters. The summed E-state index contributed by atoms with van der Waals surface area (Å²) in [4.78, 5) is 11.5. The van der Waals surface area contributed by atoms with Crippen LogP contribution < -0.4 is 0 Å². The van der Waals surface area contributed by atoms with E-state index in [2.05, 4.69) is 144 Å². The number of nitrogens with zero attached hydrogens (tertiary/aromatic N) is 3. The Morgan fingerprint density at radius 2 is 1.10 bits per heavy atom. The van der Waals surface area contributed by atoms with E-state index >= 15 is 0 Å². The number of aromatic nitrogens is 3. The number of fused-ring (bicyclic) bond motifs is 13. The van der Waals surface area contributed by atoms with Crippen LogP contribution in [0, 0.1) is 0 Å². The minimum Gasteiger partial charge on any atom is -0.454 e. The SMILES string of the molecule is c1ccc(-c2nc3sc4ccccc4c3nc2-c2ccc(-n3c4ccccc4c4c5ccccc5c5c6ccccc6oc5c43)cc2)cc1. The standard InChI is InChI=1S/C44H25N3OS/c1-2-12-26(13-3-1)40-39(45-41-33-18-8-11-21-36(33)49-44(41)46-40)27-22-24-28(25-23-27)47-34-19-9-6-16-31(34)37-29-14-4-5-15-30(29)38-32-17-7-10-20-35(32)48-43(38)42(37)47/h1-25H. The van der Waals surface area contributed by atoms with Crippen LogP contribution in [0.5, 0.6) is 0 Å². The molecule has 11 aromatic rings. The third kappa shape index (κ3) is 3.79. The number of benzene rings is 7. The van der Waals surface area contributed by atoms with E-state index in [1.165, 1.54) is 26.2 Å². The summed E-state index contributed by atoms with van der Waals surface area (Å²) in [5.74, 6) is 0. The predicted octanol–water partition coefficient (Wildman–Crippen LogP) is 12.3. The monoisotopic (exact) mass is 643 g/mol. The molecule has 11 rings (SSSR count). The maximum Gasteiger partial charge on any atom is 0.160 e. The molecule has 5 heteroatoms. The van der Waals surface area contributed by atoms with Crippen LogP contribution in [0.25, 0.3) is 103 Å². The Balaban J connectivity index is 1.19. The average molecular weight is 644 g/mol. The van der Waals surface area contributed by atoms with Crippen molar-refractivity contribution in [2.75, 3.05) is 0 Å². The van der Waals surface area contributed by atoms with Crippen molar-refractivity contribution in [1.82, 2.24) is 14.5 Å². The first-order valence-electron chi connectivity index (χ1n) is 16.4. The van der Waals surface area contributed by atoms with Gasteiger partial charge in [0.05, 0.1) is 22.4 Å². The van der Waals surface area contributed by atoms with E-state index in [0.29, 0.717) is 0 Å². The number of furan rings is 1. The van der Waals surface area contributed by atoms with Gasteiger partial charge < -0.3 is 8.98 Å². The normalized spacial score (nSPS) is 12.1. The molecular weight excluding hydrogens is 619 g/mol. The molecule has 0 unspecified atom stereocenters. The quantitative estimate of drug-likeness (QED) is 0.192. The van der Waals surface area contributed by atoms with Gasteiger partial charge in [0.1, 0.15) is 15.9 Å². The Hall–Kier alpha value is -6.30.